The Morgan fingerprint density at radius 2 is 2.19 bits per heavy atom. The Balaban J connectivity index is 2.59. The van der Waals surface area contributed by atoms with Crippen molar-refractivity contribution in [1.82, 2.24) is 20.0 Å². The van der Waals surface area contributed by atoms with Crippen LogP contribution in [0.3, 0.4) is 0 Å². The number of rotatable bonds is 2. The minimum Gasteiger partial charge on any atom is -0.225 e. The van der Waals surface area contributed by atoms with E-state index in [-0.39, 0.29) is 4.90 Å². The van der Waals surface area contributed by atoms with E-state index in [1.54, 1.807) is 19.1 Å². The summed E-state index contributed by atoms with van der Waals surface area (Å²) in [5.41, 5.74) is 0.406. The van der Waals surface area contributed by atoms with E-state index in [2.05, 4.69) is 15.3 Å². The molecule has 2 rings (SSSR count). The van der Waals surface area contributed by atoms with Crippen LogP contribution in [0, 0.1) is 6.92 Å². The summed E-state index contributed by atoms with van der Waals surface area (Å²) < 4.78 is 23.7. The lowest BCUT2D eigenvalue weighted by Gasteiger charge is -2.01. The highest BCUT2D eigenvalue weighted by Gasteiger charge is 2.17. The number of primary sulfonamides is 1. The van der Waals surface area contributed by atoms with Crippen LogP contribution in [0.25, 0.3) is 5.82 Å². The van der Waals surface area contributed by atoms with Crippen LogP contribution in [0.15, 0.2) is 29.4 Å². The fraction of sp³-hybridized carbons (Fsp3) is 0.125. The molecule has 0 aromatic carbocycles. The molecule has 2 aromatic heterocycles. The summed E-state index contributed by atoms with van der Waals surface area (Å²) in [6, 6.07) is 3.35. The fourth-order valence-electron chi connectivity index (χ4n) is 1.31. The van der Waals surface area contributed by atoms with E-state index in [9.17, 15) is 8.42 Å². The third-order valence-electron chi connectivity index (χ3n) is 2.05. The number of hydrogen-bond acceptors (Lipinski definition) is 5. The topological polar surface area (TPSA) is 104 Å². The lowest BCUT2D eigenvalue weighted by atomic mass is 10.4. The van der Waals surface area contributed by atoms with Crippen molar-refractivity contribution in [2.24, 2.45) is 5.14 Å². The van der Waals surface area contributed by atoms with E-state index in [4.69, 9.17) is 5.14 Å². The number of hydrogen-bond donors (Lipinski definition) is 1. The minimum atomic E-state index is -3.75. The fourth-order valence-corrected chi connectivity index (χ4v) is 2.00. The number of aromatic nitrogens is 4. The van der Waals surface area contributed by atoms with Gasteiger partial charge in [0.2, 0.25) is 10.0 Å². The Bertz CT molecular complexity index is 605. The smallest absolute Gasteiger partial charge is 0.225 e. The molecule has 0 unspecified atom stereocenters. The first-order valence-electron chi connectivity index (χ1n) is 4.35. The molecule has 7 nitrogen and oxygen atoms in total. The molecular formula is C8H9N5O2S. The number of sulfonamides is 1. The molecule has 0 aliphatic rings. The maximum atomic E-state index is 11.2. The summed E-state index contributed by atoms with van der Waals surface area (Å²) in [6.07, 6.45) is 2.71. The second-order valence-corrected chi connectivity index (χ2v) is 4.66. The molecule has 2 aromatic rings. The summed E-state index contributed by atoms with van der Waals surface area (Å²) in [5.74, 6) is 0.440. The van der Waals surface area contributed by atoms with Gasteiger partial charge in [0, 0.05) is 6.20 Å². The van der Waals surface area contributed by atoms with E-state index >= 15 is 0 Å². The predicted molar refractivity (Wildman–Crippen MR) is 55.3 cm³/mol. The summed E-state index contributed by atoms with van der Waals surface area (Å²) in [7, 11) is -3.75. The molecule has 84 valence electrons. The average molecular weight is 239 g/mol. The monoisotopic (exact) mass is 239 g/mol. The van der Waals surface area contributed by atoms with Gasteiger partial charge in [-0.15, -0.1) is 5.10 Å². The Morgan fingerprint density at radius 1 is 1.44 bits per heavy atom. The normalized spacial score (nSPS) is 11.6. The van der Waals surface area contributed by atoms with Crippen molar-refractivity contribution in [2.75, 3.05) is 0 Å². The molecule has 0 saturated heterocycles. The summed E-state index contributed by atoms with van der Waals surface area (Å²) in [6.45, 7) is 1.60. The van der Waals surface area contributed by atoms with E-state index in [1.807, 2.05) is 0 Å². The third kappa shape index (κ3) is 1.79. The summed E-state index contributed by atoms with van der Waals surface area (Å²) in [5, 5.41) is 16.4. The molecule has 2 heterocycles. The van der Waals surface area contributed by atoms with E-state index < -0.39 is 10.0 Å². The second-order valence-electron chi connectivity index (χ2n) is 3.13. The standard InChI is InChI=1S/C8H9N5O2S/c1-6-7(16(9,14)15)5-11-13(6)8-3-2-4-10-12-8/h2-5H,1H3,(H2,9,14,15). The van der Waals surface area contributed by atoms with E-state index in [1.165, 1.54) is 17.1 Å². The van der Waals surface area contributed by atoms with Crippen molar-refractivity contribution in [2.45, 2.75) is 11.8 Å². The van der Waals surface area contributed by atoms with Crippen molar-refractivity contribution in [3.05, 3.63) is 30.2 Å². The van der Waals surface area contributed by atoms with E-state index in [0.29, 0.717) is 11.5 Å². The average Bonchev–Trinajstić information content (AvgIpc) is 2.61. The maximum Gasteiger partial charge on any atom is 0.241 e. The van der Waals surface area contributed by atoms with Gasteiger partial charge in [0.25, 0.3) is 0 Å². The molecule has 0 fully saturated rings. The first-order valence-corrected chi connectivity index (χ1v) is 5.90. The van der Waals surface area contributed by atoms with Crippen molar-refractivity contribution >= 4 is 10.0 Å². The Labute approximate surface area is 92.0 Å². The minimum absolute atomic E-state index is 0.0156. The molecule has 0 saturated carbocycles. The van der Waals surface area contributed by atoms with Crippen LogP contribution in [-0.2, 0) is 10.0 Å². The molecule has 0 radical (unpaired) electrons. The summed E-state index contributed by atoms with van der Waals surface area (Å²) in [4.78, 5) is -0.0156. The van der Waals surface area contributed by atoms with E-state index in [0.717, 1.165) is 0 Å². The number of nitrogens with two attached hydrogens (primary N) is 1. The highest BCUT2D eigenvalue weighted by Crippen LogP contribution is 2.14. The van der Waals surface area contributed by atoms with Crippen LogP contribution in [0.1, 0.15) is 5.69 Å². The molecule has 16 heavy (non-hydrogen) atoms. The zero-order chi connectivity index (χ0) is 11.8. The van der Waals surface area contributed by atoms with Gasteiger partial charge in [-0.25, -0.2) is 18.2 Å². The Hall–Kier alpha value is -1.80. The molecular weight excluding hydrogens is 230 g/mol. The van der Waals surface area contributed by atoms with Crippen LogP contribution < -0.4 is 5.14 Å². The lowest BCUT2D eigenvalue weighted by Crippen LogP contribution is -2.13. The van der Waals surface area contributed by atoms with Crippen LogP contribution in [0.2, 0.25) is 0 Å². The Morgan fingerprint density at radius 3 is 2.69 bits per heavy atom. The van der Waals surface area contributed by atoms with Crippen molar-refractivity contribution in [3.63, 3.8) is 0 Å². The van der Waals surface area contributed by atoms with Gasteiger partial charge in [0.1, 0.15) is 4.90 Å². The van der Waals surface area contributed by atoms with Gasteiger partial charge in [0.05, 0.1) is 11.9 Å². The molecule has 8 heteroatoms. The SMILES string of the molecule is Cc1c(S(N)(=O)=O)cnn1-c1cccnn1. The summed E-state index contributed by atoms with van der Waals surface area (Å²) >= 11 is 0. The van der Waals surface area contributed by atoms with Crippen LogP contribution in [0.4, 0.5) is 0 Å². The largest absolute Gasteiger partial charge is 0.241 e. The molecule has 0 amide bonds. The first-order chi connectivity index (χ1) is 7.50. The van der Waals surface area contributed by atoms with Gasteiger partial charge >= 0.3 is 0 Å². The predicted octanol–water partition coefficient (Wildman–Crippen LogP) is -0.382. The molecule has 0 aliphatic heterocycles. The maximum absolute atomic E-state index is 11.2. The lowest BCUT2D eigenvalue weighted by molar-refractivity contribution is 0.597. The highest BCUT2D eigenvalue weighted by molar-refractivity contribution is 7.89. The van der Waals surface area contributed by atoms with Crippen LogP contribution >= 0.6 is 0 Å². The van der Waals surface area contributed by atoms with Crippen molar-refractivity contribution in [3.8, 4) is 5.82 Å². The Kier molecular flexibility index (Phi) is 2.44. The van der Waals surface area contributed by atoms with Crippen LogP contribution in [0.5, 0.6) is 0 Å². The molecule has 0 bridgehead atoms. The number of nitrogens with zero attached hydrogens (tertiary/aromatic N) is 4. The molecule has 0 spiro atoms. The van der Waals surface area contributed by atoms with Gasteiger partial charge in [-0.1, -0.05) is 0 Å². The van der Waals surface area contributed by atoms with Crippen molar-refractivity contribution in [1.29, 1.82) is 0 Å². The van der Waals surface area contributed by atoms with Gasteiger partial charge in [-0.05, 0) is 19.1 Å². The van der Waals surface area contributed by atoms with Crippen molar-refractivity contribution < 1.29 is 8.42 Å². The zero-order valence-electron chi connectivity index (χ0n) is 8.40. The first kappa shape index (κ1) is 10.7. The van der Waals surface area contributed by atoms with Gasteiger partial charge in [0.15, 0.2) is 5.82 Å². The molecule has 0 aliphatic carbocycles. The quantitative estimate of drug-likeness (QED) is 0.769. The molecule has 2 N–H and O–H groups in total. The van der Waals surface area contributed by atoms with Crippen LogP contribution in [-0.4, -0.2) is 28.4 Å². The zero-order valence-corrected chi connectivity index (χ0v) is 9.22. The third-order valence-corrected chi connectivity index (χ3v) is 3.06. The molecule has 0 atom stereocenters. The second kappa shape index (κ2) is 3.65. The highest BCUT2D eigenvalue weighted by atomic mass is 32.2. The van der Waals surface area contributed by atoms with Gasteiger partial charge in [-0.3, -0.25) is 0 Å². The van der Waals surface area contributed by atoms with Gasteiger partial charge < -0.3 is 0 Å². The van der Waals surface area contributed by atoms with Gasteiger partial charge in [-0.2, -0.15) is 10.2 Å².